The molecule has 0 heterocycles. The molecule has 0 aliphatic rings. The summed E-state index contributed by atoms with van der Waals surface area (Å²) in [7, 11) is 0. The monoisotopic (exact) mass is 287 g/mol. The van der Waals surface area contributed by atoms with Gasteiger partial charge in [0.05, 0.1) is 6.10 Å². The first kappa shape index (κ1) is 18.7. The lowest BCUT2D eigenvalue weighted by molar-refractivity contribution is -0.125. The predicted molar refractivity (Wildman–Crippen MR) is 79.2 cm³/mol. The molecule has 4 N–H and O–H groups in total. The minimum absolute atomic E-state index is 0.0414. The summed E-state index contributed by atoms with van der Waals surface area (Å²) in [6, 6.07) is -0.735. The summed E-state index contributed by atoms with van der Waals surface area (Å²) < 4.78 is 5.01. The highest BCUT2D eigenvalue weighted by Crippen LogP contribution is 2.06. The fourth-order valence-corrected chi connectivity index (χ4v) is 1.68. The summed E-state index contributed by atoms with van der Waals surface area (Å²) in [6.07, 6.45) is -0.805. The highest BCUT2D eigenvalue weighted by Gasteiger charge is 2.27. The number of nitrogens with two attached hydrogens (primary N) is 1. The zero-order valence-electron chi connectivity index (χ0n) is 13.4. The lowest BCUT2D eigenvalue weighted by Crippen LogP contribution is -2.54. The molecular weight excluding hydrogens is 258 g/mol. The van der Waals surface area contributed by atoms with Gasteiger partial charge >= 0.3 is 6.09 Å². The fraction of sp³-hybridized carbons (Fsp3) is 0.857. The van der Waals surface area contributed by atoms with Gasteiger partial charge in [-0.05, 0) is 25.7 Å². The van der Waals surface area contributed by atoms with Crippen molar-refractivity contribution in [2.75, 3.05) is 6.54 Å². The molecule has 0 saturated carbocycles. The number of amides is 2. The van der Waals surface area contributed by atoms with Crippen LogP contribution < -0.4 is 16.4 Å². The second-order valence-corrected chi connectivity index (χ2v) is 5.91. The first-order valence-corrected chi connectivity index (χ1v) is 7.16. The topological polar surface area (TPSA) is 93.4 Å². The van der Waals surface area contributed by atoms with Crippen LogP contribution in [0.15, 0.2) is 0 Å². The van der Waals surface area contributed by atoms with Crippen molar-refractivity contribution >= 4 is 12.0 Å². The number of ether oxygens (including phenoxy) is 1. The van der Waals surface area contributed by atoms with Crippen molar-refractivity contribution in [1.82, 2.24) is 10.6 Å². The third kappa shape index (κ3) is 6.75. The summed E-state index contributed by atoms with van der Waals surface area (Å²) in [4.78, 5) is 23.9. The molecule has 2 atom stereocenters. The van der Waals surface area contributed by atoms with Gasteiger partial charge in [-0.15, -0.1) is 0 Å². The number of rotatable bonds is 7. The summed E-state index contributed by atoms with van der Waals surface area (Å²) in [5, 5.41) is 5.47. The van der Waals surface area contributed by atoms with E-state index in [9.17, 15) is 9.59 Å². The summed E-state index contributed by atoms with van der Waals surface area (Å²) in [5.74, 6) is -0.0375. The molecule has 0 aromatic carbocycles. The van der Waals surface area contributed by atoms with E-state index < -0.39 is 12.1 Å². The molecule has 2 amide bonds. The fourth-order valence-electron chi connectivity index (χ4n) is 1.68. The number of hydrogen-bond acceptors (Lipinski definition) is 4. The number of carbonyl (C=O) groups is 2. The van der Waals surface area contributed by atoms with E-state index in [4.69, 9.17) is 10.5 Å². The van der Waals surface area contributed by atoms with Gasteiger partial charge in [0.2, 0.25) is 5.91 Å². The van der Waals surface area contributed by atoms with Crippen LogP contribution in [0.25, 0.3) is 0 Å². The molecule has 0 rings (SSSR count). The van der Waals surface area contributed by atoms with Gasteiger partial charge in [-0.2, -0.15) is 0 Å². The van der Waals surface area contributed by atoms with Gasteiger partial charge in [-0.1, -0.05) is 27.7 Å². The Morgan fingerprint density at radius 2 is 1.55 bits per heavy atom. The highest BCUT2D eigenvalue weighted by atomic mass is 16.6. The maximum absolute atomic E-state index is 12.2. The van der Waals surface area contributed by atoms with E-state index in [1.54, 1.807) is 13.8 Å². The van der Waals surface area contributed by atoms with E-state index in [0.29, 0.717) is 6.54 Å². The first-order valence-electron chi connectivity index (χ1n) is 7.16. The smallest absolute Gasteiger partial charge is 0.408 e. The second kappa shape index (κ2) is 8.79. The molecule has 0 fully saturated rings. The van der Waals surface area contributed by atoms with Gasteiger partial charge < -0.3 is 21.1 Å². The van der Waals surface area contributed by atoms with Crippen molar-refractivity contribution in [3.05, 3.63) is 0 Å². The zero-order chi connectivity index (χ0) is 15.9. The second-order valence-electron chi connectivity index (χ2n) is 5.91. The predicted octanol–water partition coefficient (Wildman–Crippen LogP) is 1.25. The van der Waals surface area contributed by atoms with Crippen LogP contribution in [0.3, 0.4) is 0 Å². The van der Waals surface area contributed by atoms with E-state index in [0.717, 1.165) is 0 Å². The molecule has 0 bridgehead atoms. The van der Waals surface area contributed by atoms with Gasteiger partial charge in [-0.25, -0.2) is 4.79 Å². The molecule has 0 unspecified atom stereocenters. The van der Waals surface area contributed by atoms with E-state index >= 15 is 0 Å². The normalized spacial score (nSPS) is 14.3. The molecular formula is C14H29N3O3. The molecule has 0 spiro atoms. The van der Waals surface area contributed by atoms with Crippen molar-refractivity contribution in [3.8, 4) is 0 Å². The third-order valence-corrected chi connectivity index (χ3v) is 2.95. The quantitative estimate of drug-likeness (QED) is 0.657. The largest absolute Gasteiger partial charge is 0.447 e. The van der Waals surface area contributed by atoms with E-state index in [-0.39, 0.29) is 29.9 Å². The molecule has 0 saturated heterocycles. The Morgan fingerprint density at radius 3 is 1.90 bits per heavy atom. The van der Waals surface area contributed by atoms with E-state index in [1.807, 2.05) is 27.7 Å². The average molecular weight is 287 g/mol. The molecule has 0 aliphatic heterocycles. The van der Waals surface area contributed by atoms with Crippen LogP contribution in [-0.2, 0) is 9.53 Å². The number of nitrogens with one attached hydrogen (secondary N) is 2. The molecule has 6 nitrogen and oxygen atoms in total. The van der Waals surface area contributed by atoms with Crippen molar-refractivity contribution < 1.29 is 14.3 Å². The average Bonchev–Trinajstić information content (AvgIpc) is 2.30. The molecule has 20 heavy (non-hydrogen) atoms. The van der Waals surface area contributed by atoms with Crippen LogP contribution in [0.2, 0.25) is 0 Å². The number of alkyl carbamates (subject to hydrolysis) is 1. The van der Waals surface area contributed by atoms with Crippen LogP contribution in [0.1, 0.15) is 41.5 Å². The number of hydrogen-bond donors (Lipinski definition) is 3. The number of carbonyl (C=O) groups excluding carboxylic acids is 2. The summed E-state index contributed by atoms with van der Waals surface area (Å²) in [6.45, 7) is 11.6. The van der Waals surface area contributed by atoms with Crippen LogP contribution in [0.5, 0.6) is 0 Å². The SMILES string of the molecule is CC(C)OC(=O)N[C@H](C(=O)N[C@H](CN)C(C)C)C(C)C. The molecule has 0 aromatic heterocycles. The van der Waals surface area contributed by atoms with Gasteiger partial charge in [0.25, 0.3) is 0 Å². The lowest BCUT2D eigenvalue weighted by atomic mass is 10.0. The van der Waals surface area contributed by atoms with Crippen LogP contribution in [0.4, 0.5) is 4.79 Å². The van der Waals surface area contributed by atoms with Gasteiger partial charge in [-0.3, -0.25) is 4.79 Å². The molecule has 6 heteroatoms. The Balaban J connectivity index is 4.66. The van der Waals surface area contributed by atoms with Gasteiger partial charge in [0.15, 0.2) is 0 Å². The molecule has 0 aromatic rings. The zero-order valence-corrected chi connectivity index (χ0v) is 13.4. The minimum atomic E-state index is -0.631. The summed E-state index contributed by atoms with van der Waals surface area (Å²) in [5.41, 5.74) is 5.64. The third-order valence-electron chi connectivity index (χ3n) is 2.95. The summed E-state index contributed by atoms with van der Waals surface area (Å²) >= 11 is 0. The van der Waals surface area contributed by atoms with Gasteiger partial charge in [0.1, 0.15) is 6.04 Å². The van der Waals surface area contributed by atoms with Gasteiger partial charge in [0, 0.05) is 12.6 Å². The van der Waals surface area contributed by atoms with Crippen LogP contribution in [0, 0.1) is 11.8 Å². The maximum atomic E-state index is 12.2. The van der Waals surface area contributed by atoms with Crippen LogP contribution >= 0.6 is 0 Å². The molecule has 0 aliphatic carbocycles. The Morgan fingerprint density at radius 1 is 1.00 bits per heavy atom. The Kier molecular flexibility index (Phi) is 8.22. The van der Waals surface area contributed by atoms with Crippen molar-refractivity contribution in [1.29, 1.82) is 0 Å². The standard InChI is InChI=1S/C14H29N3O3/c1-8(2)11(7-15)16-13(18)12(9(3)4)17-14(19)20-10(5)6/h8-12H,7,15H2,1-6H3,(H,16,18)(H,17,19)/t11-,12+/m1/s1. The maximum Gasteiger partial charge on any atom is 0.408 e. The van der Waals surface area contributed by atoms with Crippen LogP contribution in [-0.4, -0.2) is 36.7 Å². The Hall–Kier alpha value is -1.30. The van der Waals surface area contributed by atoms with Crippen molar-refractivity contribution in [3.63, 3.8) is 0 Å². The van der Waals surface area contributed by atoms with Crippen molar-refractivity contribution in [2.45, 2.75) is 59.7 Å². The van der Waals surface area contributed by atoms with E-state index in [2.05, 4.69) is 10.6 Å². The van der Waals surface area contributed by atoms with Crippen molar-refractivity contribution in [2.24, 2.45) is 17.6 Å². The lowest BCUT2D eigenvalue weighted by Gasteiger charge is -2.26. The Labute approximate surface area is 121 Å². The molecule has 0 radical (unpaired) electrons. The Bertz CT molecular complexity index is 317. The first-order chi connectivity index (χ1) is 9.18. The molecule has 118 valence electrons. The van der Waals surface area contributed by atoms with E-state index in [1.165, 1.54) is 0 Å². The minimum Gasteiger partial charge on any atom is -0.447 e. The highest BCUT2D eigenvalue weighted by molar-refractivity contribution is 5.86.